The Kier molecular flexibility index (Phi) is 4.42. The maximum Gasteiger partial charge on any atom is 0.232 e. The Morgan fingerprint density at radius 3 is 2.84 bits per heavy atom. The van der Waals surface area contributed by atoms with E-state index < -0.39 is 9.84 Å². The van der Waals surface area contributed by atoms with E-state index in [4.69, 9.17) is 10.5 Å². The third kappa shape index (κ3) is 3.45. The number of hydrogen-bond acceptors (Lipinski definition) is 5. The molecule has 0 saturated heterocycles. The van der Waals surface area contributed by atoms with Gasteiger partial charge < -0.3 is 10.5 Å². The minimum Gasteiger partial charge on any atom is -0.476 e. The van der Waals surface area contributed by atoms with Gasteiger partial charge in [-0.2, -0.15) is 0 Å². The Morgan fingerprint density at radius 2 is 2.16 bits per heavy atom. The molecule has 1 aromatic heterocycles. The van der Waals surface area contributed by atoms with Gasteiger partial charge in [0.15, 0.2) is 9.84 Å². The van der Waals surface area contributed by atoms with Crippen LogP contribution in [0.2, 0.25) is 0 Å². The summed E-state index contributed by atoms with van der Waals surface area (Å²) >= 11 is 0. The number of rotatable bonds is 5. The van der Waals surface area contributed by atoms with Crippen LogP contribution in [0.3, 0.4) is 0 Å². The van der Waals surface area contributed by atoms with E-state index in [-0.39, 0.29) is 10.8 Å². The predicted molar refractivity (Wildman–Crippen MR) is 72.7 cm³/mol. The standard InChI is InChI=1S/C13H20N2O3S/c1-19(16,17)12-6-3-7-15-13(12)18-9-11-5-2-4-10(11)8-14/h3,6-7,10-11H,2,4-5,8-9,14H2,1H3. The van der Waals surface area contributed by atoms with Crippen molar-refractivity contribution >= 4 is 9.84 Å². The minimum absolute atomic E-state index is 0.150. The Balaban J connectivity index is 2.08. The molecule has 0 bridgehead atoms. The van der Waals surface area contributed by atoms with E-state index in [0.29, 0.717) is 25.0 Å². The Morgan fingerprint density at radius 1 is 1.42 bits per heavy atom. The molecule has 0 spiro atoms. The lowest BCUT2D eigenvalue weighted by Gasteiger charge is -2.18. The smallest absolute Gasteiger partial charge is 0.232 e. The predicted octanol–water partition coefficient (Wildman–Crippen LogP) is 1.24. The summed E-state index contributed by atoms with van der Waals surface area (Å²) in [6.45, 7) is 1.15. The highest BCUT2D eigenvalue weighted by atomic mass is 32.2. The lowest BCUT2D eigenvalue weighted by Crippen LogP contribution is -2.23. The average Bonchev–Trinajstić information content (AvgIpc) is 2.83. The van der Waals surface area contributed by atoms with Gasteiger partial charge in [0, 0.05) is 12.5 Å². The van der Waals surface area contributed by atoms with Crippen molar-refractivity contribution in [1.29, 1.82) is 0 Å². The second-order valence-electron chi connectivity index (χ2n) is 5.08. The molecule has 2 atom stereocenters. The fraction of sp³-hybridized carbons (Fsp3) is 0.615. The summed E-state index contributed by atoms with van der Waals surface area (Å²) in [6, 6.07) is 3.12. The molecule has 2 unspecified atom stereocenters. The molecule has 106 valence electrons. The van der Waals surface area contributed by atoms with Gasteiger partial charge in [0.1, 0.15) is 4.90 Å². The van der Waals surface area contributed by atoms with Crippen molar-refractivity contribution in [3.63, 3.8) is 0 Å². The molecular formula is C13H20N2O3S. The van der Waals surface area contributed by atoms with Gasteiger partial charge >= 0.3 is 0 Å². The molecule has 2 N–H and O–H groups in total. The summed E-state index contributed by atoms with van der Waals surface area (Å²) in [4.78, 5) is 4.17. The number of hydrogen-bond donors (Lipinski definition) is 1. The molecule has 1 aromatic rings. The van der Waals surface area contributed by atoms with Gasteiger partial charge in [0.05, 0.1) is 6.61 Å². The number of pyridine rings is 1. The van der Waals surface area contributed by atoms with Crippen LogP contribution in [0.1, 0.15) is 19.3 Å². The quantitative estimate of drug-likeness (QED) is 0.879. The maximum atomic E-state index is 11.6. The molecule has 19 heavy (non-hydrogen) atoms. The third-order valence-corrected chi connectivity index (χ3v) is 4.80. The molecule has 1 fully saturated rings. The van der Waals surface area contributed by atoms with Crippen LogP contribution in [0, 0.1) is 11.8 Å². The van der Waals surface area contributed by atoms with Gasteiger partial charge in [0.25, 0.3) is 0 Å². The van der Waals surface area contributed by atoms with Gasteiger partial charge in [-0.25, -0.2) is 13.4 Å². The fourth-order valence-corrected chi connectivity index (χ4v) is 3.35. The number of nitrogens with two attached hydrogens (primary N) is 1. The second kappa shape index (κ2) is 5.88. The summed E-state index contributed by atoms with van der Waals surface area (Å²) < 4.78 is 28.9. The Hall–Kier alpha value is -1.14. The van der Waals surface area contributed by atoms with Crippen LogP contribution in [0.15, 0.2) is 23.2 Å². The lowest BCUT2D eigenvalue weighted by molar-refractivity contribution is 0.205. The molecule has 1 aliphatic rings. The van der Waals surface area contributed by atoms with Crippen LogP contribution in [0.5, 0.6) is 5.88 Å². The first-order valence-electron chi connectivity index (χ1n) is 6.50. The summed E-state index contributed by atoms with van der Waals surface area (Å²) in [5.74, 6) is 1.08. The second-order valence-corrected chi connectivity index (χ2v) is 7.06. The van der Waals surface area contributed by atoms with Crippen molar-refractivity contribution in [3.05, 3.63) is 18.3 Å². The summed E-state index contributed by atoms with van der Waals surface area (Å²) in [6.07, 6.45) is 6.08. The van der Waals surface area contributed by atoms with E-state index in [1.54, 1.807) is 12.3 Å². The zero-order valence-corrected chi connectivity index (χ0v) is 11.9. The highest BCUT2D eigenvalue weighted by Gasteiger charge is 2.27. The molecule has 2 rings (SSSR count). The molecule has 0 aliphatic heterocycles. The fourth-order valence-electron chi connectivity index (χ4n) is 2.60. The van der Waals surface area contributed by atoms with Crippen LogP contribution in [-0.4, -0.2) is 32.8 Å². The maximum absolute atomic E-state index is 11.6. The largest absolute Gasteiger partial charge is 0.476 e. The van der Waals surface area contributed by atoms with Gasteiger partial charge in [0.2, 0.25) is 5.88 Å². The Labute approximate surface area is 114 Å². The van der Waals surface area contributed by atoms with Crippen molar-refractivity contribution in [3.8, 4) is 5.88 Å². The van der Waals surface area contributed by atoms with Gasteiger partial charge in [-0.05, 0) is 43.4 Å². The Bertz CT molecular complexity index is 530. The first-order valence-corrected chi connectivity index (χ1v) is 8.39. The number of aromatic nitrogens is 1. The number of sulfone groups is 1. The first-order chi connectivity index (χ1) is 9.02. The highest BCUT2D eigenvalue weighted by molar-refractivity contribution is 7.90. The van der Waals surface area contributed by atoms with E-state index in [1.807, 2.05) is 0 Å². The van der Waals surface area contributed by atoms with Crippen LogP contribution in [-0.2, 0) is 9.84 Å². The van der Waals surface area contributed by atoms with Crippen LogP contribution < -0.4 is 10.5 Å². The van der Waals surface area contributed by atoms with Gasteiger partial charge in [-0.1, -0.05) is 6.42 Å². The first kappa shape index (κ1) is 14.3. The molecule has 0 amide bonds. The van der Waals surface area contributed by atoms with E-state index in [0.717, 1.165) is 25.5 Å². The average molecular weight is 284 g/mol. The van der Waals surface area contributed by atoms with Gasteiger partial charge in [-0.3, -0.25) is 0 Å². The van der Waals surface area contributed by atoms with Crippen molar-refractivity contribution in [2.24, 2.45) is 17.6 Å². The number of ether oxygens (including phenoxy) is 1. The van der Waals surface area contributed by atoms with Crippen molar-refractivity contribution < 1.29 is 13.2 Å². The molecule has 0 radical (unpaired) electrons. The van der Waals surface area contributed by atoms with E-state index >= 15 is 0 Å². The van der Waals surface area contributed by atoms with Crippen molar-refractivity contribution in [2.75, 3.05) is 19.4 Å². The molecular weight excluding hydrogens is 264 g/mol. The normalized spacial score (nSPS) is 23.5. The summed E-state index contributed by atoms with van der Waals surface area (Å²) in [5, 5.41) is 0. The highest BCUT2D eigenvalue weighted by Crippen LogP contribution is 2.32. The zero-order valence-electron chi connectivity index (χ0n) is 11.1. The van der Waals surface area contributed by atoms with E-state index in [9.17, 15) is 8.42 Å². The molecule has 0 aromatic carbocycles. The molecule has 1 saturated carbocycles. The van der Waals surface area contributed by atoms with Crippen molar-refractivity contribution in [1.82, 2.24) is 4.98 Å². The zero-order chi connectivity index (χ0) is 13.9. The van der Waals surface area contributed by atoms with Crippen molar-refractivity contribution in [2.45, 2.75) is 24.2 Å². The lowest BCUT2D eigenvalue weighted by atomic mass is 9.97. The summed E-state index contributed by atoms with van der Waals surface area (Å²) in [7, 11) is -3.31. The van der Waals surface area contributed by atoms with Crippen LogP contribution in [0.4, 0.5) is 0 Å². The van der Waals surface area contributed by atoms with Crippen LogP contribution >= 0.6 is 0 Å². The monoisotopic (exact) mass is 284 g/mol. The molecule has 1 heterocycles. The third-order valence-electron chi connectivity index (χ3n) is 3.69. The minimum atomic E-state index is -3.31. The summed E-state index contributed by atoms with van der Waals surface area (Å²) in [5.41, 5.74) is 5.73. The van der Waals surface area contributed by atoms with Crippen LogP contribution in [0.25, 0.3) is 0 Å². The van der Waals surface area contributed by atoms with Gasteiger partial charge in [-0.15, -0.1) is 0 Å². The SMILES string of the molecule is CS(=O)(=O)c1cccnc1OCC1CCCC1CN. The molecule has 6 heteroatoms. The molecule has 1 aliphatic carbocycles. The topological polar surface area (TPSA) is 82.3 Å². The molecule has 5 nitrogen and oxygen atoms in total. The number of nitrogens with zero attached hydrogens (tertiary/aromatic N) is 1. The van der Waals surface area contributed by atoms with E-state index in [1.165, 1.54) is 6.07 Å². The van der Waals surface area contributed by atoms with E-state index in [2.05, 4.69) is 4.98 Å².